The maximum atomic E-state index is 12.1. The smallest absolute Gasteiger partial charge is 0.226 e. The quantitative estimate of drug-likeness (QED) is 0.540. The summed E-state index contributed by atoms with van der Waals surface area (Å²) in [5, 5.41) is 3.99. The minimum absolute atomic E-state index is 0.0863. The molecule has 1 heterocycles. The van der Waals surface area contributed by atoms with Crippen LogP contribution in [0.25, 0.3) is 10.2 Å². The Labute approximate surface area is 160 Å². The van der Waals surface area contributed by atoms with Crippen molar-refractivity contribution in [3.8, 4) is 11.5 Å². The summed E-state index contributed by atoms with van der Waals surface area (Å²) in [6.45, 7) is 2.98. The lowest BCUT2D eigenvalue weighted by Gasteiger charge is -2.07. The molecule has 1 aromatic heterocycles. The summed E-state index contributed by atoms with van der Waals surface area (Å²) in [5.74, 6) is 1.35. The summed E-state index contributed by atoms with van der Waals surface area (Å²) in [5.41, 5.74) is 0.843. The molecule has 0 bridgehead atoms. The van der Waals surface area contributed by atoms with Crippen molar-refractivity contribution >= 4 is 44.2 Å². The van der Waals surface area contributed by atoms with Crippen LogP contribution in [0.15, 0.2) is 42.5 Å². The van der Waals surface area contributed by atoms with Gasteiger partial charge in [0.05, 0.1) is 28.5 Å². The Balaban J connectivity index is 1.48. The number of nitrogens with zero attached hydrogens (tertiary/aromatic N) is 1. The van der Waals surface area contributed by atoms with E-state index in [9.17, 15) is 4.79 Å². The second-order valence-corrected chi connectivity index (χ2v) is 6.95. The number of benzene rings is 2. The van der Waals surface area contributed by atoms with Crippen LogP contribution in [0.1, 0.15) is 19.8 Å². The number of aromatic nitrogens is 1. The molecule has 0 spiro atoms. The molecular formula is C19H19ClN2O3S. The van der Waals surface area contributed by atoms with Crippen molar-refractivity contribution in [2.24, 2.45) is 0 Å². The third-order valence-corrected chi connectivity index (χ3v) is 4.81. The topological polar surface area (TPSA) is 60.5 Å². The standard InChI is InChI=1S/C19H19ClN2O3S/c1-2-24-13-9-10-15-17(12-13)26-19(21-15)22-18(23)8-5-11-25-16-7-4-3-6-14(16)20/h3-4,6-7,9-10,12H,2,5,8,11H2,1H3,(H,21,22,23). The first-order valence-electron chi connectivity index (χ1n) is 8.36. The van der Waals surface area contributed by atoms with E-state index in [0.29, 0.717) is 42.0 Å². The minimum Gasteiger partial charge on any atom is -0.494 e. The molecule has 1 amide bonds. The fourth-order valence-electron chi connectivity index (χ4n) is 2.37. The molecule has 1 N–H and O–H groups in total. The van der Waals surface area contributed by atoms with Crippen LogP contribution in [-0.2, 0) is 4.79 Å². The number of fused-ring (bicyclic) bond motifs is 1. The Kier molecular flexibility index (Phi) is 6.30. The van der Waals surface area contributed by atoms with Crippen molar-refractivity contribution in [2.45, 2.75) is 19.8 Å². The number of carbonyl (C=O) groups is 1. The van der Waals surface area contributed by atoms with E-state index < -0.39 is 0 Å². The first-order chi connectivity index (χ1) is 12.7. The molecule has 0 fully saturated rings. The maximum Gasteiger partial charge on any atom is 0.226 e. The molecule has 7 heteroatoms. The van der Waals surface area contributed by atoms with Crippen molar-refractivity contribution in [3.05, 3.63) is 47.5 Å². The first kappa shape index (κ1) is 18.5. The molecule has 0 aliphatic rings. The molecule has 3 rings (SSSR count). The van der Waals surface area contributed by atoms with Crippen LogP contribution in [0.2, 0.25) is 5.02 Å². The second kappa shape index (κ2) is 8.87. The third-order valence-electron chi connectivity index (χ3n) is 3.56. The zero-order chi connectivity index (χ0) is 18.4. The molecule has 0 radical (unpaired) electrons. The number of amides is 1. The normalized spacial score (nSPS) is 10.7. The number of halogens is 1. The van der Waals surface area contributed by atoms with E-state index in [0.717, 1.165) is 16.0 Å². The van der Waals surface area contributed by atoms with Crippen LogP contribution in [0.3, 0.4) is 0 Å². The molecule has 0 aliphatic carbocycles. The van der Waals surface area contributed by atoms with E-state index in [1.54, 1.807) is 12.1 Å². The Hall–Kier alpha value is -2.31. The van der Waals surface area contributed by atoms with Gasteiger partial charge in [-0.1, -0.05) is 35.1 Å². The summed E-state index contributed by atoms with van der Waals surface area (Å²) in [6.07, 6.45) is 0.945. The van der Waals surface area contributed by atoms with Gasteiger partial charge in [0, 0.05) is 6.42 Å². The number of para-hydroxylation sites is 1. The van der Waals surface area contributed by atoms with Crippen LogP contribution >= 0.6 is 22.9 Å². The van der Waals surface area contributed by atoms with Gasteiger partial charge in [0.25, 0.3) is 0 Å². The lowest BCUT2D eigenvalue weighted by Crippen LogP contribution is -2.12. The van der Waals surface area contributed by atoms with Gasteiger partial charge in [0.15, 0.2) is 5.13 Å². The average molecular weight is 391 g/mol. The number of hydrogen-bond donors (Lipinski definition) is 1. The molecule has 0 unspecified atom stereocenters. The van der Waals surface area contributed by atoms with Gasteiger partial charge in [-0.25, -0.2) is 4.98 Å². The molecule has 3 aromatic rings. The van der Waals surface area contributed by atoms with E-state index in [2.05, 4.69) is 10.3 Å². The summed E-state index contributed by atoms with van der Waals surface area (Å²) in [7, 11) is 0. The van der Waals surface area contributed by atoms with E-state index in [1.165, 1.54) is 11.3 Å². The number of anilines is 1. The predicted octanol–water partition coefficient (Wildman–Crippen LogP) is 5.15. The molecule has 136 valence electrons. The van der Waals surface area contributed by atoms with Crippen molar-refractivity contribution < 1.29 is 14.3 Å². The monoisotopic (exact) mass is 390 g/mol. The van der Waals surface area contributed by atoms with Gasteiger partial charge in [0.2, 0.25) is 5.91 Å². The lowest BCUT2D eigenvalue weighted by molar-refractivity contribution is -0.116. The van der Waals surface area contributed by atoms with Gasteiger partial charge in [0.1, 0.15) is 11.5 Å². The molecule has 0 saturated heterocycles. The largest absolute Gasteiger partial charge is 0.494 e. The van der Waals surface area contributed by atoms with Crippen LogP contribution in [0.4, 0.5) is 5.13 Å². The van der Waals surface area contributed by atoms with Crippen molar-refractivity contribution in [1.29, 1.82) is 0 Å². The number of rotatable bonds is 8. The van der Waals surface area contributed by atoms with Gasteiger partial charge in [-0.3, -0.25) is 4.79 Å². The minimum atomic E-state index is -0.0863. The fraction of sp³-hybridized carbons (Fsp3) is 0.263. The van der Waals surface area contributed by atoms with Gasteiger partial charge < -0.3 is 14.8 Å². The second-order valence-electron chi connectivity index (χ2n) is 5.51. The molecule has 0 atom stereocenters. The lowest BCUT2D eigenvalue weighted by atomic mass is 10.3. The molecule has 0 aliphatic heterocycles. The predicted molar refractivity (Wildman–Crippen MR) is 106 cm³/mol. The fourth-order valence-corrected chi connectivity index (χ4v) is 3.47. The number of carbonyl (C=O) groups excluding carboxylic acids is 1. The van der Waals surface area contributed by atoms with E-state index >= 15 is 0 Å². The number of hydrogen-bond acceptors (Lipinski definition) is 5. The highest BCUT2D eigenvalue weighted by atomic mass is 35.5. The Morgan fingerprint density at radius 1 is 1.23 bits per heavy atom. The van der Waals surface area contributed by atoms with E-state index in [1.807, 2.05) is 37.3 Å². The van der Waals surface area contributed by atoms with Crippen molar-refractivity contribution in [2.75, 3.05) is 18.5 Å². The summed E-state index contributed by atoms with van der Waals surface area (Å²) in [4.78, 5) is 16.5. The van der Waals surface area contributed by atoms with Crippen LogP contribution in [0.5, 0.6) is 11.5 Å². The Morgan fingerprint density at radius 3 is 2.88 bits per heavy atom. The van der Waals surface area contributed by atoms with Crippen molar-refractivity contribution in [3.63, 3.8) is 0 Å². The van der Waals surface area contributed by atoms with Crippen LogP contribution in [0, 0.1) is 0 Å². The average Bonchev–Trinajstić information content (AvgIpc) is 3.02. The summed E-state index contributed by atoms with van der Waals surface area (Å²) in [6, 6.07) is 13.0. The molecule has 26 heavy (non-hydrogen) atoms. The number of ether oxygens (including phenoxy) is 2. The summed E-state index contributed by atoms with van der Waals surface area (Å²) < 4.78 is 12.0. The third kappa shape index (κ3) is 4.86. The van der Waals surface area contributed by atoms with Gasteiger partial charge >= 0.3 is 0 Å². The highest BCUT2D eigenvalue weighted by molar-refractivity contribution is 7.22. The van der Waals surface area contributed by atoms with Crippen molar-refractivity contribution in [1.82, 2.24) is 4.98 Å². The molecule has 2 aromatic carbocycles. The maximum absolute atomic E-state index is 12.1. The Bertz CT molecular complexity index is 897. The number of nitrogens with one attached hydrogen (secondary N) is 1. The zero-order valence-electron chi connectivity index (χ0n) is 14.3. The van der Waals surface area contributed by atoms with E-state index in [-0.39, 0.29) is 5.91 Å². The summed E-state index contributed by atoms with van der Waals surface area (Å²) >= 11 is 7.45. The molecule has 5 nitrogen and oxygen atoms in total. The van der Waals surface area contributed by atoms with E-state index in [4.69, 9.17) is 21.1 Å². The highest BCUT2D eigenvalue weighted by Crippen LogP contribution is 2.29. The van der Waals surface area contributed by atoms with Gasteiger partial charge in [-0.05, 0) is 43.7 Å². The zero-order valence-corrected chi connectivity index (χ0v) is 15.9. The SMILES string of the molecule is CCOc1ccc2nc(NC(=O)CCCOc3ccccc3Cl)sc2c1. The number of thiazole rings is 1. The highest BCUT2D eigenvalue weighted by Gasteiger charge is 2.09. The van der Waals surface area contributed by atoms with Gasteiger partial charge in [-0.15, -0.1) is 0 Å². The molecular weight excluding hydrogens is 372 g/mol. The van der Waals surface area contributed by atoms with Crippen LogP contribution < -0.4 is 14.8 Å². The van der Waals surface area contributed by atoms with Gasteiger partial charge in [-0.2, -0.15) is 0 Å². The Morgan fingerprint density at radius 2 is 2.08 bits per heavy atom. The molecule has 0 saturated carbocycles. The van der Waals surface area contributed by atoms with Crippen LogP contribution in [-0.4, -0.2) is 24.1 Å². The first-order valence-corrected chi connectivity index (χ1v) is 9.55.